The molecule has 102 valence electrons. The van der Waals surface area contributed by atoms with Gasteiger partial charge in [0.1, 0.15) is 5.69 Å². The minimum atomic E-state index is -0.790. The van der Waals surface area contributed by atoms with Gasteiger partial charge in [-0.1, -0.05) is 0 Å². The summed E-state index contributed by atoms with van der Waals surface area (Å²) in [7, 11) is 1.29. The van der Waals surface area contributed by atoms with E-state index in [4.69, 9.17) is 4.74 Å². The van der Waals surface area contributed by atoms with Crippen molar-refractivity contribution in [3.05, 3.63) is 28.1 Å². The number of methoxy groups -OCH3 is 1. The fraction of sp³-hybridized carbons (Fsp3) is 0.417. The number of hydrogen-bond donors (Lipinski definition) is 0. The maximum Gasteiger partial charge on any atom is 0.295 e. The lowest BCUT2D eigenvalue weighted by Crippen LogP contribution is -2.35. The number of nitro groups is 1. The van der Waals surface area contributed by atoms with Gasteiger partial charge in [0, 0.05) is 19.0 Å². The summed E-state index contributed by atoms with van der Waals surface area (Å²) in [6.07, 6.45) is 1.11. The van der Waals surface area contributed by atoms with Gasteiger partial charge in [-0.15, -0.1) is 0 Å². The lowest BCUT2D eigenvalue weighted by molar-refractivity contribution is -0.384. The molecule has 0 N–H and O–H groups in total. The van der Waals surface area contributed by atoms with Crippen molar-refractivity contribution in [3.63, 3.8) is 0 Å². The number of rotatable bonds is 3. The van der Waals surface area contributed by atoms with E-state index in [1.807, 2.05) is 0 Å². The highest BCUT2D eigenvalue weighted by Crippen LogP contribution is 2.35. The molecule has 0 atom stereocenters. The molecule has 1 aromatic carbocycles. The van der Waals surface area contributed by atoms with Gasteiger partial charge in [0.25, 0.3) is 5.69 Å². The first-order chi connectivity index (χ1) is 9.02. The quantitative estimate of drug-likeness (QED) is 0.618. The molecule has 0 amide bonds. The van der Waals surface area contributed by atoms with Gasteiger partial charge >= 0.3 is 0 Å². The molecule has 1 heterocycles. The Kier molecular flexibility index (Phi) is 3.64. The van der Waals surface area contributed by atoms with Crippen LogP contribution in [0.5, 0.6) is 5.75 Å². The standard InChI is InChI=1S/C12H13FN2O4/c1-19-12-6-10(11(15(17)18)5-9(12)13)14-4-2-3-8(16)7-14/h5-6H,2-4,7H2,1H3. The van der Waals surface area contributed by atoms with E-state index in [2.05, 4.69) is 0 Å². The maximum atomic E-state index is 13.5. The lowest BCUT2D eigenvalue weighted by Gasteiger charge is -2.27. The largest absolute Gasteiger partial charge is 0.494 e. The van der Waals surface area contributed by atoms with E-state index in [1.54, 1.807) is 4.90 Å². The van der Waals surface area contributed by atoms with Crippen LogP contribution in [-0.4, -0.2) is 30.9 Å². The molecule has 6 nitrogen and oxygen atoms in total. The zero-order valence-corrected chi connectivity index (χ0v) is 10.4. The third-order valence-corrected chi connectivity index (χ3v) is 3.04. The molecule has 19 heavy (non-hydrogen) atoms. The molecule has 1 saturated heterocycles. The van der Waals surface area contributed by atoms with Crippen molar-refractivity contribution >= 4 is 17.2 Å². The Morgan fingerprint density at radius 3 is 2.79 bits per heavy atom. The van der Waals surface area contributed by atoms with Crippen LogP contribution in [0, 0.1) is 15.9 Å². The Hall–Kier alpha value is -2.18. The van der Waals surface area contributed by atoms with Crippen molar-refractivity contribution in [2.24, 2.45) is 0 Å². The smallest absolute Gasteiger partial charge is 0.295 e. The van der Waals surface area contributed by atoms with Crippen LogP contribution in [0.4, 0.5) is 15.8 Å². The van der Waals surface area contributed by atoms with E-state index >= 15 is 0 Å². The molecule has 0 unspecified atom stereocenters. The normalized spacial score (nSPS) is 15.5. The summed E-state index contributed by atoms with van der Waals surface area (Å²) < 4.78 is 18.3. The number of carbonyl (C=O) groups is 1. The summed E-state index contributed by atoms with van der Waals surface area (Å²) in [6, 6.07) is 2.10. The molecule has 0 spiro atoms. The Balaban J connectivity index is 2.46. The van der Waals surface area contributed by atoms with Gasteiger partial charge in [0.15, 0.2) is 17.3 Å². The van der Waals surface area contributed by atoms with Crippen molar-refractivity contribution in [3.8, 4) is 5.75 Å². The molecule has 1 aromatic rings. The summed E-state index contributed by atoms with van der Waals surface area (Å²) in [5.74, 6) is -0.844. The highest BCUT2D eigenvalue weighted by Gasteiger charge is 2.26. The molecule has 0 saturated carbocycles. The SMILES string of the molecule is COc1cc(N2CCCC(=O)C2)c([N+](=O)[O-])cc1F. The van der Waals surface area contributed by atoms with Crippen LogP contribution in [0.2, 0.25) is 0 Å². The number of ketones is 1. The van der Waals surface area contributed by atoms with E-state index < -0.39 is 10.7 Å². The number of anilines is 1. The van der Waals surface area contributed by atoms with Gasteiger partial charge in [-0.3, -0.25) is 14.9 Å². The summed E-state index contributed by atoms with van der Waals surface area (Å²) in [5, 5.41) is 11.0. The highest BCUT2D eigenvalue weighted by atomic mass is 19.1. The summed E-state index contributed by atoms with van der Waals surface area (Å²) in [4.78, 5) is 23.4. The number of ether oxygens (including phenoxy) is 1. The van der Waals surface area contributed by atoms with E-state index in [9.17, 15) is 19.3 Å². The van der Waals surface area contributed by atoms with Gasteiger partial charge in [-0.2, -0.15) is 0 Å². The van der Waals surface area contributed by atoms with E-state index in [0.717, 1.165) is 6.07 Å². The van der Waals surface area contributed by atoms with Gasteiger partial charge in [0.2, 0.25) is 0 Å². The molecule has 0 aromatic heterocycles. The zero-order valence-electron chi connectivity index (χ0n) is 10.4. The number of carbonyl (C=O) groups excluding carboxylic acids is 1. The van der Waals surface area contributed by atoms with Crippen molar-refractivity contribution < 1.29 is 18.8 Å². The number of benzene rings is 1. The second-order valence-electron chi connectivity index (χ2n) is 4.30. The second kappa shape index (κ2) is 5.21. The molecular weight excluding hydrogens is 255 g/mol. The van der Waals surface area contributed by atoms with Crippen LogP contribution in [0.25, 0.3) is 0 Å². The number of halogens is 1. The average Bonchev–Trinajstić information content (AvgIpc) is 2.38. The highest BCUT2D eigenvalue weighted by molar-refractivity contribution is 5.86. The van der Waals surface area contributed by atoms with Crippen LogP contribution in [-0.2, 0) is 4.79 Å². The minimum Gasteiger partial charge on any atom is -0.494 e. The number of Topliss-reactive ketones (excluding diaryl/α,β-unsaturated/α-hetero) is 1. The maximum absolute atomic E-state index is 13.5. The second-order valence-corrected chi connectivity index (χ2v) is 4.30. The molecular formula is C12H13FN2O4. The summed E-state index contributed by atoms with van der Waals surface area (Å²) in [6.45, 7) is 0.636. The number of hydrogen-bond acceptors (Lipinski definition) is 5. The average molecular weight is 268 g/mol. The van der Waals surface area contributed by atoms with E-state index in [1.165, 1.54) is 13.2 Å². The van der Waals surface area contributed by atoms with E-state index in [-0.39, 0.29) is 29.5 Å². The summed E-state index contributed by atoms with van der Waals surface area (Å²) in [5.41, 5.74) is -0.135. The van der Waals surface area contributed by atoms with Gasteiger partial charge in [-0.25, -0.2) is 4.39 Å². The molecule has 2 rings (SSSR count). The van der Waals surface area contributed by atoms with Crippen LogP contribution < -0.4 is 9.64 Å². The minimum absolute atomic E-state index is 0.0174. The molecule has 1 aliphatic rings. The number of piperidine rings is 1. The van der Waals surface area contributed by atoms with Crippen molar-refractivity contribution in [2.45, 2.75) is 12.8 Å². The fourth-order valence-electron chi connectivity index (χ4n) is 2.13. The third-order valence-electron chi connectivity index (χ3n) is 3.04. The van der Waals surface area contributed by atoms with Crippen LogP contribution >= 0.6 is 0 Å². The first-order valence-corrected chi connectivity index (χ1v) is 5.81. The summed E-state index contributed by atoms with van der Waals surface area (Å²) >= 11 is 0. The van der Waals surface area contributed by atoms with Gasteiger partial charge in [-0.05, 0) is 6.42 Å². The van der Waals surface area contributed by atoms with Crippen LogP contribution in [0.3, 0.4) is 0 Å². The predicted octanol–water partition coefficient (Wildman–Crippen LogP) is 1.91. The molecule has 1 fully saturated rings. The Labute approximate surface area is 108 Å². The third kappa shape index (κ3) is 2.64. The fourth-order valence-corrected chi connectivity index (χ4v) is 2.13. The first-order valence-electron chi connectivity index (χ1n) is 5.81. The Bertz CT molecular complexity index is 533. The zero-order chi connectivity index (χ0) is 14.0. The predicted molar refractivity (Wildman–Crippen MR) is 66.1 cm³/mol. The van der Waals surface area contributed by atoms with Gasteiger partial charge < -0.3 is 9.64 Å². The molecule has 0 radical (unpaired) electrons. The monoisotopic (exact) mass is 268 g/mol. The van der Waals surface area contributed by atoms with Crippen molar-refractivity contribution in [2.75, 3.05) is 25.1 Å². The molecule has 1 aliphatic heterocycles. The number of nitrogens with zero attached hydrogens (tertiary/aromatic N) is 2. The van der Waals surface area contributed by atoms with Crippen molar-refractivity contribution in [1.82, 2.24) is 0 Å². The van der Waals surface area contributed by atoms with Crippen LogP contribution in [0.15, 0.2) is 12.1 Å². The van der Waals surface area contributed by atoms with Crippen LogP contribution in [0.1, 0.15) is 12.8 Å². The Morgan fingerprint density at radius 2 is 2.21 bits per heavy atom. The van der Waals surface area contributed by atoms with E-state index in [0.29, 0.717) is 19.4 Å². The van der Waals surface area contributed by atoms with Crippen molar-refractivity contribution in [1.29, 1.82) is 0 Å². The molecule has 7 heteroatoms. The topological polar surface area (TPSA) is 72.7 Å². The molecule has 0 aliphatic carbocycles. The first kappa shape index (κ1) is 13.3. The lowest BCUT2D eigenvalue weighted by atomic mass is 10.1. The Morgan fingerprint density at radius 1 is 1.47 bits per heavy atom. The number of nitro benzene ring substituents is 1. The molecule has 0 bridgehead atoms. The van der Waals surface area contributed by atoms with Gasteiger partial charge in [0.05, 0.1) is 24.6 Å².